The molecule has 2 aromatic carbocycles. The summed E-state index contributed by atoms with van der Waals surface area (Å²) in [4.78, 5) is 11.9. The first-order chi connectivity index (χ1) is 11.1. The number of hydrogen-bond acceptors (Lipinski definition) is 2. The topological polar surface area (TPSA) is 51.5 Å². The van der Waals surface area contributed by atoms with Crippen LogP contribution in [0.4, 0.5) is 0 Å². The average molecular weight is 309 g/mol. The van der Waals surface area contributed by atoms with Crippen molar-refractivity contribution in [2.75, 3.05) is 6.61 Å². The lowest BCUT2D eigenvalue weighted by atomic mass is 9.98. The summed E-state index contributed by atoms with van der Waals surface area (Å²) in [6, 6.07) is 17.5. The summed E-state index contributed by atoms with van der Waals surface area (Å²) in [7, 11) is 1.78. The Balaban J connectivity index is 2.31. The molecule has 0 aliphatic carbocycles. The maximum absolute atomic E-state index is 11.9. The Hall–Kier alpha value is -2.59. The zero-order valence-corrected chi connectivity index (χ0v) is 13.2. The molecule has 0 saturated carbocycles. The van der Waals surface area contributed by atoms with Crippen LogP contribution in [0.5, 0.6) is 0 Å². The van der Waals surface area contributed by atoms with Crippen LogP contribution in [0, 0.1) is 0 Å². The van der Waals surface area contributed by atoms with Gasteiger partial charge in [-0.15, -0.1) is 0 Å². The third kappa shape index (κ3) is 2.62. The predicted octanol–water partition coefficient (Wildman–Crippen LogP) is 4.00. The normalized spacial score (nSPS) is 12.4. The fraction of sp³-hybridized carbons (Fsp3) is 0.211. The van der Waals surface area contributed by atoms with Crippen LogP contribution in [0.15, 0.2) is 54.6 Å². The summed E-state index contributed by atoms with van der Waals surface area (Å²) in [6.07, 6.45) is -0.404. The van der Waals surface area contributed by atoms with E-state index in [0.717, 1.165) is 16.5 Å². The molecule has 1 heterocycles. The molecule has 1 aromatic heterocycles. The van der Waals surface area contributed by atoms with Crippen molar-refractivity contribution in [3.63, 3.8) is 0 Å². The van der Waals surface area contributed by atoms with Crippen LogP contribution >= 0.6 is 0 Å². The first-order valence-electron chi connectivity index (χ1n) is 7.62. The molecule has 3 rings (SSSR count). The molecular weight excluding hydrogens is 290 g/mol. The molecule has 23 heavy (non-hydrogen) atoms. The number of carboxylic acid groups (broad SMARTS) is 1. The van der Waals surface area contributed by atoms with Gasteiger partial charge in [-0.3, -0.25) is 0 Å². The summed E-state index contributed by atoms with van der Waals surface area (Å²) in [5, 5.41) is 10.6. The van der Waals surface area contributed by atoms with E-state index >= 15 is 0 Å². The summed E-state index contributed by atoms with van der Waals surface area (Å²) in [5.74, 6) is -0.945. The van der Waals surface area contributed by atoms with Crippen LogP contribution in [-0.2, 0) is 11.8 Å². The van der Waals surface area contributed by atoms with Gasteiger partial charge in [0, 0.05) is 30.1 Å². The number of para-hydroxylation sites is 1. The van der Waals surface area contributed by atoms with E-state index in [-0.39, 0.29) is 5.69 Å². The van der Waals surface area contributed by atoms with Crippen molar-refractivity contribution in [3.05, 3.63) is 71.4 Å². The van der Waals surface area contributed by atoms with Gasteiger partial charge in [-0.25, -0.2) is 4.79 Å². The number of aromatic carboxylic acids is 1. The maximum atomic E-state index is 11.9. The first kappa shape index (κ1) is 15.3. The van der Waals surface area contributed by atoms with E-state index in [1.807, 2.05) is 61.5 Å². The van der Waals surface area contributed by atoms with Crippen molar-refractivity contribution >= 4 is 16.9 Å². The van der Waals surface area contributed by atoms with Gasteiger partial charge in [0.25, 0.3) is 0 Å². The zero-order valence-electron chi connectivity index (χ0n) is 13.2. The summed E-state index contributed by atoms with van der Waals surface area (Å²) in [5.41, 5.74) is 2.82. The smallest absolute Gasteiger partial charge is 0.352 e. The largest absolute Gasteiger partial charge is 0.477 e. The lowest BCUT2D eigenvalue weighted by Gasteiger charge is -2.18. The van der Waals surface area contributed by atoms with E-state index in [1.54, 1.807) is 11.6 Å². The number of aromatic nitrogens is 1. The van der Waals surface area contributed by atoms with E-state index in [0.29, 0.717) is 12.2 Å². The van der Waals surface area contributed by atoms with Gasteiger partial charge in [0.05, 0.1) is 0 Å². The van der Waals surface area contributed by atoms with Crippen LogP contribution in [0.3, 0.4) is 0 Å². The van der Waals surface area contributed by atoms with Crippen molar-refractivity contribution < 1.29 is 14.6 Å². The highest BCUT2D eigenvalue weighted by molar-refractivity contribution is 5.98. The SMILES string of the molecule is CCOC(c1ccccc1)c1c(C(=O)O)n(C)c2ccccc12. The highest BCUT2D eigenvalue weighted by atomic mass is 16.5. The molecule has 0 aliphatic rings. The van der Waals surface area contributed by atoms with Gasteiger partial charge in [-0.05, 0) is 18.6 Å². The van der Waals surface area contributed by atoms with Crippen LogP contribution in [-0.4, -0.2) is 22.2 Å². The van der Waals surface area contributed by atoms with Crippen LogP contribution in [0.1, 0.15) is 34.6 Å². The lowest BCUT2D eigenvalue weighted by molar-refractivity contribution is 0.0662. The van der Waals surface area contributed by atoms with Crippen LogP contribution < -0.4 is 0 Å². The minimum atomic E-state index is -0.945. The van der Waals surface area contributed by atoms with Crippen molar-refractivity contribution in [1.82, 2.24) is 4.57 Å². The molecule has 1 N–H and O–H groups in total. The Kier molecular flexibility index (Phi) is 4.17. The third-order valence-electron chi connectivity index (χ3n) is 4.05. The second kappa shape index (κ2) is 6.26. The second-order valence-corrected chi connectivity index (χ2v) is 5.39. The molecule has 0 spiro atoms. The van der Waals surface area contributed by atoms with Crippen molar-refractivity contribution in [2.45, 2.75) is 13.0 Å². The molecule has 4 nitrogen and oxygen atoms in total. The molecule has 1 unspecified atom stereocenters. The molecule has 3 aromatic rings. The molecule has 0 bridgehead atoms. The monoisotopic (exact) mass is 309 g/mol. The molecular formula is C19H19NO3. The minimum absolute atomic E-state index is 0.272. The quantitative estimate of drug-likeness (QED) is 0.775. The highest BCUT2D eigenvalue weighted by Gasteiger charge is 2.28. The van der Waals surface area contributed by atoms with E-state index in [2.05, 4.69) is 0 Å². The molecule has 0 saturated heterocycles. The Morgan fingerprint density at radius 2 is 1.78 bits per heavy atom. The number of aryl methyl sites for hydroxylation is 1. The van der Waals surface area contributed by atoms with Gasteiger partial charge in [-0.2, -0.15) is 0 Å². The van der Waals surface area contributed by atoms with Gasteiger partial charge in [0.15, 0.2) is 0 Å². The molecule has 0 amide bonds. The van der Waals surface area contributed by atoms with Gasteiger partial charge >= 0.3 is 5.97 Å². The van der Waals surface area contributed by atoms with E-state index < -0.39 is 12.1 Å². The number of ether oxygens (including phenoxy) is 1. The number of rotatable bonds is 5. The summed E-state index contributed by atoms with van der Waals surface area (Å²) < 4.78 is 7.67. The van der Waals surface area contributed by atoms with Crippen molar-refractivity contribution in [2.24, 2.45) is 7.05 Å². The lowest BCUT2D eigenvalue weighted by Crippen LogP contribution is -2.13. The highest BCUT2D eigenvalue weighted by Crippen LogP contribution is 2.36. The fourth-order valence-electron chi connectivity index (χ4n) is 3.09. The number of benzene rings is 2. The molecule has 0 fully saturated rings. The fourth-order valence-corrected chi connectivity index (χ4v) is 3.09. The Morgan fingerprint density at radius 3 is 2.43 bits per heavy atom. The Bertz CT molecular complexity index is 836. The van der Waals surface area contributed by atoms with Gasteiger partial charge < -0.3 is 14.4 Å². The minimum Gasteiger partial charge on any atom is -0.477 e. The summed E-state index contributed by atoms with van der Waals surface area (Å²) in [6.45, 7) is 2.42. The predicted molar refractivity (Wildman–Crippen MR) is 89.8 cm³/mol. The van der Waals surface area contributed by atoms with Crippen LogP contribution in [0.2, 0.25) is 0 Å². The zero-order chi connectivity index (χ0) is 16.4. The van der Waals surface area contributed by atoms with Crippen LogP contribution in [0.25, 0.3) is 10.9 Å². The van der Waals surface area contributed by atoms with E-state index in [4.69, 9.17) is 4.74 Å². The molecule has 0 radical (unpaired) electrons. The van der Waals surface area contributed by atoms with Crippen molar-refractivity contribution in [3.8, 4) is 0 Å². The third-order valence-corrected chi connectivity index (χ3v) is 4.05. The Morgan fingerprint density at radius 1 is 1.13 bits per heavy atom. The number of carbonyl (C=O) groups is 1. The second-order valence-electron chi connectivity index (χ2n) is 5.39. The first-order valence-corrected chi connectivity index (χ1v) is 7.62. The standard InChI is InChI=1S/C19H19NO3/c1-3-23-18(13-9-5-4-6-10-13)16-14-11-7-8-12-15(14)20(2)17(16)19(21)22/h4-12,18H,3H2,1-2H3,(H,21,22). The number of carboxylic acids is 1. The maximum Gasteiger partial charge on any atom is 0.352 e. The van der Waals surface area contributed by atoms with Gasteiger partial charge in [-0.1, -0.05) is 48.5 Å². The number of nitrogens with zero attached hydrogens (tertiary/aromatic N) is 1. The number of hydrogen-bond donors (Lipinski definition) is 1. The van der Waals surface area contributed by atoms with E-state index in [1.165, 1.54) is 0 Å². The average Bonchev–Trinajstić information content (AvgIpc) is 2.87. The van der Waals surface area contributed by atoms with E-state index in [9.17, 15) is 9.90 Å². The Labute approximate surface area is 134 Å². The number of fused-ring (bicyclic) bond motifs is 1. The molecule has 118 valence electrons. The van der Waals surface area contributed by atoms with Gasteiger partial charge in [0.1, 0.15) is 11.8 Å². The molecule has 1 atom stereocenters. The summed E-state index contributed by atoms with van der Waals surface area (Å²) >= 11 is 0. The van der Waals surface area contributed by atoms with Gasteiger partial charge in [0.2, 0.25) is 0 Å². The molecule has 0 aliphatic heterocycles. The molecule has 4 heteroatoms. The van der Waals surface area contributed by atoms with Crippen molar-refractivity contribution in [1.29, 1.82) is 0 Å².